The average molecular weight is 387 g/mol. The summed E-state index contributed by atoms with van der Waals surface area (Å²) in [6, 6.07) is 3.79. The summed E-state index contributed by atoms with van der Waals surface area (Å²) in [4.78, 5) is 11.6. The lowest BCUT2D eigenvalue weighted by Crippen LogP contribution is -2.28. The second-order valence-corrected chi connectivity index (χ2v) is 6.42. The van der Waals surface area contributed by atoms with Crippen LogP contribution in [0.3, 0.4) is 0 Å². The van der Waals surface area contributed by atoms with Gasteiger partial charge >= 0.3 is 0 Å². The molecule has 0 aliphatic heterocycles. The fraction of sp³-hybridized carbons (Fsp3) is 0.364. The number of carbonyl (C=O) groups excluding carboxylic acids is 1. The molecule has 10 heteroatoms. The molecule has 0 radical (unpaired) electrons. The van der Waals surface area contributed by atoms with E-state index in [2.05, 4.69) is 26.0 Å². The van der Waals surface area contributed by atoms with E-state index < -0.39 is 29.0 Å². The number of rotatable bonds is 7. The minimum atomic E-state index is -3.94. The molecule has 21 heavy (non-hydrogen) atoms. The maximum atomic E-state index is 11.8. The number of amides is 1. The van der Waals surface area contributed by atoms with Gasteiger partial charge in [-0.1, -0.05) is 15.9 Å². The molecule has 3 N–H and O–H groups in total. The predicted octanol–water partition coefficient (Wildman–Crippen LogP) is 1.11. The average Bonchev–Trinajstić information content (AvgIpc) is 2.36. The predicted molar refractivity (Wildman–Crippen MR) is 74.7 cm³/mol. The van der Waals surface area contributed by atoms with Crippen molar-refractivity contribution in [3.63, 3.8) is 0 Å². The Labute approximate surface area is 128 Å². The molecule has 0 heterocycles. The second kappa shape index (κ2) is 7.78. The summed E-state index contributed by atoms with van der Waals surface area (Å²) < 4.78 is 51.1. The quantitative estimate of drug-likeness (QED) is 0.685. The fourth-order valence-electron chi connectivity index (χ4n) is 1.37. The molecule has 0 fully saturated rings. The SMILES string of the molecule is NS(=O)(=O)c1cc(Br)cc(C(=O)NCCOCC(F)F)c1. The van der Waals surface area contributed by atoms with Gasteiger partial charge in [-0.3, -0.25) is 4.79 Å². The summed E-state index contributed by atoms with van der Waals surface area (Å²) in [5.74, 6) is -0.568. The molecule has 0 aliphatic rings. The van der Waals surface area contributed by atoms with Crippen molar-refractivity contribution in [1.82, 2.24) is 5.32 Å². The molecule has 1 amide bonds. The third-order valence-corrected chi connectivity index (χ3v) is 3.59. The molecular weight excluding hydrogens is 374 g/mol. The number of nitrogens with two attached hydrogens (primary N) is 1. The van der Waals surface area contributed by atoms with Crippen LogP contribution in [0, 0.1) is 0 Å². The first-order chi connectivity index (χ1) is 9.70. The number of hydrogen-bond donors (Lipinski definition) is 2. The van der Waals surface area contributed by atoms with Crippen molar-refractivity contribution >= 4 is 31.9 Å². The maximum Gasteiger partial charge on any atom is 0.261 e. The van der Waals surface area contributed by atoms with Crippen molar-refractivity contribution < 1.29 is 26.7 Å². The zero-order valence-electron chi connectivity index (χ0n) is 10.7. The van der Waals surface area contributed by atoms with E-state index in [1.807, 2.05) is 0 Å². The normalized spacial score (nSPS) is 11.7. The number of carbonyl (C=O) groups is 1. The molecule has 0 unspecified atom stereocenters. The number of alkyl halides is 2. The Morgan fingerprint density at radius 3 is 2.62 bits per heavy atom. The number of sulfonamides is 1. The van der Waals surface area contributed by atoms with Gasteiger partial charge in [0.15, 0.2) is 0 Å². The van der Waals surface area contributed by atoms with Crippen LogP contribution in [-0.2, 0) is 14.8 Å². The molecule has 118 valence electrons. The number of hydrogen-bond acceptors (Lipinski definition) is 4. The lowest BCUT2D eigenvalue weighted by Gasteiger charge is -2.08. The van der Waals surface area contributed by atoms with Crippen LogP contribution in [-0.4, -0.2) is 40.5 Å². The van der Waals surface area contributed by atoms with Crippen molar-refractivity contribution in [2.45, 2.75) is 11.3 Å². The Bertz CT molecular complexity index is 610. The fourth-order valence-corrected chi connectivity index (χ4v) is 2.60. The molecule has 0 aromatic heterocycles. The van der Waals surface area contributed by atoms with Crippen LogP contribution in [0.25, 0.3) is 0 Å². The van der Waals surface area contributed by atoms with E-state index >= 15 is 0 Å². The Kier molecular flexibility index (Phi) is 6.65. The van der Waals surface area contributed by atoms with Gasteiger partial charge in [0.1, 0.15) is 6.61 Å². The summed E-state index contributed by atoms with van der Waals surface area (Å²) in [6.07, 6.45) is -2.57. The molecule has 0 spiro atoms. The lowest BCUT2D eigenvalue weighted by atomic mass is 10.2. The highest BCUT2D eigenvalue weighted by Gasteiger charge is 2.14. The van der Waals surface area contributed by atoms with Crippen LogP contribution in [0.1, 0.15) is 10.4 Å². The van der Waals surface area contributed by atoms with E-state index in [9.17, 15) is 22.0 Å². The summed E-state index contributed by atoms with van der Waals surface area (Å²) in [5.41, 5.74) is 0.0715. The molecule has 1 aromatic rings. The van der Waals surface area contributed by atoms with E-state index in [0.717, 1.165) is 6.07 Å². The van der Waals surface area contributed by atoms with Gasteiger partial charge in [0, 0.05) is 16.6 Å². The smallest absolute Gasteiger partial charge is 0.261 e. The van der Waals surface area contributed by atoms with Crippen LogP contribution in [0.4, 0.5) is 8.78 Å². The minimum absolute atomic E-state index is 0.0166. The first-order valence-electron chi connectivity index (χ1n) is 5.67. The minimum Gasteiger partial charge on any atom is -0.374 e. The van der Waals surface area contributed by atoms with Gasteiger partial charge in [-0.25, -0.2) is 22.3 Å². The highest BCUT2D eigenvalue weighted by Crippen LogP contribution is 2.18. The summed E-state index contributed by atoms with van der Waals surface area (Å²) in [6.45, 7) is -0.767. The van der Waals surface area contributed by atoms with E-state index in [-0.39, 0.29) is 23.6 Å². The molecule has 0 aliphatic carbocycles. The first-order valence-corrected chi connectivity index (χ1v) is 8.01. The van der Waals surface area contributed by atoms with Gasteiger partial charge in [0.2, 0.25) is 10.0 Å². The molecule has 0 saturated heterocycles. The van der Waals surface area contributed by atoms with Crippen LogP contribution in [0.2, 0.25) is 0 Å². The van der Waals surface area contributed by atoms with Crippen LogP contribution < -0.4 is 10.5 Å². The van der Waals surface area contributed by atoms with Crippen molar-refractivity contribution in [3.8, 4) is 0 Å². The summed E-state index contributed by atoms with van der Waals surface area (Å²) >= 11 is 3.07. The third kappa shape index (κ3) is 6.46. The maximum absolute atomic E-state index is 11.8. The third-order valence-electron chi connectivity index (χ3n) is 2.24. The topological polar surface area (TPSA) is 98.5 Å². The van der Waals surface area contributed by atoms with E-state index in [0.29, 0.717) is 4.47 Å². The number of halogens is 3. The van der Waals surface area contributed by atoms with Crippen molar-refractivity contribution in [2.24, 2.45) is 5.14 Å². The van der Waals surface area contributed by atoms with E-state index in [4.69, 9.17) is 5.14 Å². The van der Waals surface area contributed by atoms with Gasteiger partial charge < -0.3 is 10.1 Å². The molecule has 1 rings (SSSR count). The number of primary sulfonamides is 1. The van der Waals surface area contributed by atoms with Gasteiger partial charge in [0.05, 0.1) is 11.5 Å². The van der Waals surface area contributed by atoms with E-state index in [1.165, 1.54) is 12.1 Å². The summed E-state index contributed by atoms with van der Waals surface area (Å²) in [5, 5.41) is 7.40. The van der Waals surface area contributed by atoms with Crippen molar-refractivity contribution in [1.29, 1.82) is 0 Å². The van der Waals surface area contributed by atoms with Gasteiger partial charge in [0.25, 0.3) is 12.3 Å². The number of ether oxygens (including phenoxy) is 1. The Hall–Kier alpha value is -1.10. The molecule has 1 aromatic carbocycles. The zero-order chi connectivity index (χ0) is 16.0. The lowest BCUT2D eigenvalue weighted by molar-refractivity contribution is 0.0188. The van der Waals surface area contributed by atoms with Gasteiger partial charge in [-0.15, -0.1) is 0 Å². The largest absolute Gasteiger partial charge is 0.374 e. The molecule has 6 nitrogen and oxygen atoms in total. The Balaban J connectivity index is 2.64. The van der Waals surface area contributed by atoms with Crippen LogP contribution in [0.15, 0.2) is 27.6 Å². The molecule has 0 saturated carbocycles. The Morgan fingerprint density at radius 1 is 1.38 bits per heavy atom. The zero-order valence-corrected chi connectivity index (χ0v) is 13.1. The first kappa shape index (κ1) is 18.0. The van der Waals surface area contributed by atoms with Gasteiger partial charge in [-0.2, -0.15) is 0 Å². The standard InChI is InChI=1S/C11H13BrF2N2O4S/c12-8-3-7(4-9(5-8)21(15,18)19)11(17)16-1-2-20-6-10(13)14/h3-5,10H,1-2,6H2,(H,16,17)(H2,15,18,19). The van der Waals surface area contributed by atoms with Crippen LogP contribution in [0.5, 0.6) is 0 Å². The summed E-state index contributed by atoms with van der Waals surface area (Å²) in [7, 11) is -3.94. The highest BCUT2D eigenvalue weighted by atomic mass is 79.9. The monoisotopic (exact) mass is 386 g/mol. The molecular formula is C11H13BrF2N2O4S. The van der Waals surface area contributed by atoms with E-state index in [1.54, 1.807) is 0 Å². The number of benzene rings is 1. The number of nitrogens with one attached hydrogen (secondary N) is 1. The molecule has 0 atom stereocenters. The molecule has 0 bridgehead atoms. The Morgan fingerprint density at radius 2 is 2.05 bits per heavy atom. The van der Waals surface area contributed by atoms with Crippen molar-refractivity contribution in [2.75, 3.05) is 19.8 Å². The van der Waals surface area contributed by atoms with Gasteiger partial charge in [-0.05, 0) is 18.2 Å². The van der Waals surface area contributed by atoms with Crippen molar-refractivity contribution in [3.05, 3.63) is 28.2 Å². The van der Waals surface area contributed by atoms with Crippen LogP contribution >= 0.6 is 15.9 Å². The highest BCUT2D eigenvalue weighted by molar-refractivity contribution is 9.10. The second-order valence-electron chi connectivity index (χ2n) is 3.94.